The zero-order valence-electron chi connectivity index (χ0n) is 12.8. The minimum Gasteiger partial charge on any atom is -0.383 e. The van der Waals surface area contributed by atoms with Crippen LogP contribution >= 0.6 is 0 Å². The quantitative estimate of drug-likeness (QED) is 0.560. The zero-order valence-corrected chi connectivity index (χ0v) is 12.8. The number of rotatable bonds is 12. The average molecular weight is 299 g/mol. The Bertz CT molecular complexity index is 237. The van der Waals surface area contributed by atoms with Crippen LogP contribution < -0.4 is 5.32 Å². The summed E-state index contributed by atoms with van der Waals surface area (Å²) in [6.45, 7) is 5.61. The lowest BCUT2D eigenvalue weighted by Gasteiger charge is -2.30. The number of nitrogens with one attached hydrogen (secondary N) is 1. The molecule has 6 heteroatoms. The van der Waals surface area contributed by atoms with Gasteiger partial charge in [0.1, 0.15) is 6.61 Å². The molecule has 0 aliphatic rings. The van der Waals surface area contributed by atoms with Crippen molar-refractivity contribution in [3.05, 3.63) is 0 Å². The predicted octanol–water partition coefficient (Wildman–Crippen LogP) is 3.39. The van der Waals surface area contributed by atoms with Crippen LogP contribution in [-0.2, 0) is 9.47 Å². The van der Waals surface area contributed by atoms with Crippen LogP contribution in [0.25, 0.3) is 0 Å². The normalized spacial score (nSPS) is 15.3. The third-order valence-corrected chi connectivity index (χ3v) is 3.22. The molecule has 1 atom stereocenters. The topological polar surface area (TPSA) is 30.5 Å². The Labute approximate surface area is 120 Å². The van der Waals surface area contributed by atoms with E-state index in [1.807, 2.05) is 0 Å². The molecule has 0 fully saturated rings. The van der Waals surface area contributed by atoms with Crippen molar-refractivity contribution >= 4 is 0 Å². The van der Waals surface area contributed by atoms with E-state index >= 15 is 0 Å². The SMILES string of the molecule is CCCC(C)(CCCOCC(F)(F)F)CNCCOC. The van der Waals surface area contributed by atoms with Gasteiger partial charge < -0.3 is 14.8 Å². The van der Waals surface area contributed by atoms with Gasteiger partial charge in [-0.3, -0.25) is 0 Å². The van der Waals surface area contributed by atoms with Crippen molar-refractivity contribution in [2.75, 3.05) is 40.0 Å². The van der Waals surface area contributed by atoms with Gasteiger partial charge in [-0.05, 0) is 24.7 Å². The van der Waals surface area contributed by atoms with Crippen LogP contribution in [-0.4, -0.2) is 46.2 Å². The first kappa shape index (κ1) is 19.7. The Kier molecular flexibility index (Phi) is 10.2. The van der Waals surface area contributed by atoms with Crippen LogP contribution in [0.5, 0.6) is 0 Å². The highest BCUT2D eigenvalue weighted by atomic mass is 19.4. The Morgan fingerprint density at radius 2 is 1.80 bits per heavy atom. The van der Waals surface area contributed by atoms with E-state index in [-0.39, 0.29) is 12.0 Å². The van der Waals surface area contributed by atoms with Gasteiger partial charge in [0.25, 0.3) is 0 Å². The van der Waals surface area contributed by atoms with E-state index in [0.717, 1.165) is 32.4 Å². The maximum atomic E-state index is 11.9. The zero-order chi connectivity index (χ0) is 15.5. The van der Waals surface area contributed by atoms with Crippen molar-refractivity contribution in [2.24, 2.45) is 5.41 Å². The van der Waals surface area contributed by atoms with Crippen molar-refractivity contribution < 1.29 is 22.6 Å². The molecule has 1 N–H and O–H groups in total. The van der Waals surface area contributed by atoms with E-state index in [0.29, 0.717) is 13.0 Å². The number of methoxy groups -OCH3 is 1. The van der Waals surface area contributed by atoms with Gasteiger partial charge in [-0.2, -0.15) is 13.2 Å². The molecule has 0 aliphatic heterocycles. The lowest BCUT2D eigenvalue weighted by atomic mass is 9.81. The second-order valence-electron chi connectivity index (χ2n) is 5.50. The molecule has 122 valence electrons. The summed E-state index contributed by atoms with van der Waals surface area (Å²) in [5.41, 5.74) is 0.101. The summed E-state index contributed by atoms with van der Waals surface area (Å²) in [5, 5.41) is 3.33. The van der Waals surface area contributed by atoms with Crippen molar-refractivity contribution in [1.82, 2.24) is 5.32 Å². The lowest BCUT2D eigenvalue weighted by molar-refractivity contribution is -0.174. The molecule has 0 heterocycles. The molecule has 0 spiro atoms. The predicted molar refractivity (Wildman–Crippen MR) is 73.9 cm³/mol. The molecular weight excluding hydrogens is 271 g/mol. The van der Waals surface area contributed by atoms with Crippen LogP contribution in [0.4, 0.5) is 13.2 Å². The van der Waals surface area contributed by atoms with Crippen molar-refractivity contribution in [1.29, 1.82) is 0 Å². The minimum absolute atomic E-state index is 0.101. The molecule has 0 bridgehead atoms. The standard InChI is InChI=1S/C14H28F3NO2/c1-4-6-13(2,11-18-8-10-19-3)7-5-9-20-12-14(15,16)17/h18H,4-12H2,1-3H3. The molecule has 20 heavy (non-hydrogen) atoms. The maximum Gasteiger partial charge on any atom is 0.411 e. The fourth-order valence-electron chi connectivity index (χ4n) is 2.26. The summed E-state index contributed by atoms with van der Waals surface area (Å²) >= 11 is 0. The highest BCUT2D eigenvalue weighted by molar-refractivity contribution is 4.76. The summed E-state index contributed by atoms with van der Waals surface area (Å²) in [6.07, 6.45) is -0.607. The van der Waals surface area contributed by atoms with E-state index in [9.17, 15) is 13.2 Å². The maximum absolute atomic E-state index is 11.9. The summed E-state index contributed by atoms with van der Waals surface area (Å²) in [7, 11) is 1.66. The first-order valence-corrected chi connectivity index (χ1v) is 7.17. The lowest BCUT2D eigenvalue weighted by Crippen LogP contribution is -2.34. The molecule has 0 saturated carbocycles. The van der Waals surface area contributed by atoms with Gasteiger partial charge in [-0.25, -0.2) is 0 Å². The van der Waals surface area contributed by atoms with Crippen LogP contribution in [0.1, 0.15) is 39.5 Å². The molecule has 0 aliphatic carbocycles. The molecule has 0 rings (SSSR count). The number of alkyl halides is 3. The van der Waals surface area contributed by atoms with Gasteiger partial charge in [0.05, 0.1) is 6.61 Å². The van der Waals surface area contributed by atoms with E-state index < -0.39 is 12.8 Å². The number of hydrogen-bond acceptors (Lipinski definition) is 3. The van der Waals surface area contributed by atoms with Gasteiger partial charge in [-0.1, -0.05) is 20.3 Å². The van der Waals surface area contributed by atoms with Gasteiger partial charge in [-0.15, -0.1) is 0 Å². The van der Waals surface area contributed by atoms with Crippen molar-refractivity contribution in [2.45, 2.75) is 45.7 Å². The fraction of sp³-hybridized carbons (Fsp3) is 1.00. The monoisotopic (exact) mass is 299 g/mol. The third kappa shape index (κ3) is 11.5. The van der Waals surface area contributed by atoms with E-state index in [1.54, 1.807) is 7.11 Å². The molecule has 1 unspecified atom stereocenters. The van der Waals surface area contributed by atoms with Gasteiger partial charge in [0.15, 0.2) is 0 Å². The summed E-state index contributed by atoms with van der Waals surface area (Å²) < 4.78 is 45.4. The molecule has 0 amide bonds. The van der Waals surface area contributed by atoms with Crippen LogP contribution in [0, 0.1) is 5.41 Å². The second kappa shape index (κ2) is 10.4. The molecule has 0 aromatic rings. The Balaban J connectivity index is 3.87. The van der Waals surface area contributed by atoms with E-state index in [1.165, 1.54) is 0 Å². The van der Waals surface area contributed by atoms with Gasteiger partial charge in [0, 0.05) is 26.8 Å². The number of ether oxygens (including phenoxy) is 2. The molecule has 0 aromatic carbocycles. The van der Waals surface area contributed by atoms with Gasteiger partial charge >= 0.3 is 6.18 Å². The Hall–Kier alpha value is -0.330. The number of halogens is 3. The second-order valence-corrected chi connectivity index (χ2v) is 5.50. The molecule has 0 radical (unpaired) electrons. The smallest absolute Gasteiger partial charge is 0.383 e. The first-order valence-electron chi connectivity index (χ1n) is 7.17. The Morgan fingerprint density at radius 3 is 2.35 bits per heavy atom. The van der Waals surface area contributed by atoms with Crippen molar-refractivity contribution in [3.8, 4) is 0 Å². The largest absolute Gasteiger partial charge is 0.411 e. The first-order chi connectivity index (χ1) is 9.33. The summed E-state index contributed by atoms with van der Waals surface area (Å²) in [4.78, 5) is 0. The summed E-state index contributed by atoms with van der Waals surface area (Å²) in [5.74, 6) is 0. The summed E-state index contributed by atoms with van der Waals surface area (Å²) in [6, 6.07) is 0. The van der Waals surface area contributed by atoms with E-state index in [2.05, 4.69) is 23.9 Å². The highest BCUT2D eigenvalue weighted by Gasteiger charge is 2.27. The van der Waals surface area contributed by atoms with E-state index in [4.69, 9.17) is 4.74 Å². The molecule has 0 aromatic heterocycles. The van der Waals surface area contributed by atoms with Gasteiger partial charge in [0.2, 0.25) is 0 Å². The minimum atomic E-state index is -4.23. The van der Waals surface area contributed by atoms with Crippen LogP contribution in [0.2, 0.25) is 0 Å². The average Bonchev–Trinajstić information content (AvgIpc) is 2.33. The van der Waals surface area contributed by atoms with Crippen LogP contribution in [0.3, 0.4) is 0 Å². The van der Waals surface area contributed by atoms with Crippen LogP contribution in [0.15, 0.2) is 0 Å². The Morgan fingerprint density at radius 1 is 1.10 bits per heavy atom. The highest BCUT2D eigenvalue weighted by Crippen LogP contribution is 2.28. The fourth-order valence-corrected chi connectivity index (χ4v) is 2.26. The molecule has 3 nitrogen and oxygen atoms in total. The number of hydrogen-bond donors (Lipinski definition) is 1. The van der Waals surface area contributed by atoms with Crippen molar-refractivity contribution in [3.63, 3.8) is 0 Å². The molecular formula is C14H28F3NO2. The third-order valence-electron chi connectivity index (χ3n) is 3.22. The molecule has 0 saturated heterocycles.